The van der Waals surface area contributed by atoms with E-state index < -0.39 is 18.0 Å². The molecular formula is C14H17NO5. The molecule has 0 fully saturated rings. The number of ketones is 1. The van der Waals surface area contributed by atoms with E-state index >= 15 is 0 Å². The Morgan fingerprint density at radius 3 is 2.25 bits per heavy atom. The molecule has 6 nitrogen and oxygen atoms in total. The lowest BCUT2D eigenvalue weighted by Crippen LogP contribution is -2.39. The molecule has 1 aromatic carbocycles. The lowest BCUT2D eigenvalue weighted by atomic mass is 10.0. The Balaban J connectivity index is 2.60. The zero-order chi connectivity index (χ0) is 15.1. The molecule has 1 atom stereocenters. The minimum Gasteiger partial charge on any atom is -0.481 e. The summed E-state index contributed by atoms with van der Waals surface area (Å²) in [6.07, 6.45) is -0.402. The first kappa shape index (κ1) is 15.8. The van der Waals surface area contributed by atoms with Crippen molar-refractivity contribution in [1.82, 2.24) is 5.32 Å². The van der Waals surface area contributed by atoms with Crippen LogP contribution < -0.4 is 5.32 Å². The van der Waals surface area contributed by atoms with Crippen LogP contribution in [-0.2, 0) is 9.59 Å². The van der Waals surface area contributed by atoms with Crippen molar-refractivity contribution >= 4 is 17.7 Å². The minimum absolute atomic E-state index is 0.00742. The Kier molecular flexibility index (Phi) is 5.86. The van der Waals surface area contributed by atoms with Crippen LogP contribution in [0.1, 0.15) is 28.8 Å². The van der Waals surface area contributed by atoms with Crippen LogP contribution in [0.5, 0.6) is 0 Å². The Labute approximate surface area is 116 Å². The van der Waals surface area contributed by atoms with Crippen LogP contribution in [-0.4, -0.2) is 40.5 Å². The van der Waals surface area contributed by atoms with Crippen LogP contribution in [0.4, 0.5) is 0 Å². The summed E-state index contributed by atoms with van der Waals surface area (Å²) in [5, 5.41) is 20.1. The van der Waals surface area contributed by atoms with Crippen LogP contribution in [0.3, 0.4) is 0 Å². The molecule has 0 aliphatic rings. The summed E-state index contributed by atoms with van der Waals surface area (Å²) >= 11 is 0. The fourth-order valence-electron chi connectivity index (χ4n) is 1.64. The van der Waals surface area contributed by atoms with Crippen LogP contribution in [0.15, 0.2) is 24.3 Å². The quantitative estimate of drug-likeness (QED) is 0.615. The maximum atomic E-state index is 11.9. The maximum absolute atomic E-state index is 11.9. The molecule has 0 aliphatic heterocycles. The molecule has 1 rings (SSSR count). The number of benzene rings is 1. The van der Waals surface area contributed by atoms with Gasteiger partial charge in [-0.3, -0.25) is 14.4 Å². The highest BCUT2D eigenvalue weighted by molar-refractivity contribution is 5.98. The van der Waals surface area contributed by atoms with Crippen molar-refractivity contribution in [3.8, 4) is 0 Å². The second-order valence-corrected chi connectivity index (χ2v) is 4.48. The number of hydrogen-bond acceptors (Lipinski definition) is 4. The smallest absolute Gasteiger partial charge is 0.321 e. The molecule has 108 valence electrons. The van der Waals surface area contributed by atoms with E-state index in [1.54, 1.807) is 24.3 Å². The van der Waals surface area contributed by atoms with Gasteiger partial charge < -0.3 is 15.5 Å². The van der Waals surface area contributed by atoms with Gasteiger partial charge in [0.15, 0.2) is 5.78 Å². The molecule has 0 bridgehead atoms. The third-order valence-electron chi connectivity index (χ3n) is 2.79. The SMILES string of the molecule is Cc1ccc(C(=O)CC(NCCC(=O)O)C(=O)O)cc1. The number of carbonyl (C=O) groups is 3. The van der Waals surface area contributed by atoms with Gasteiger partial charge in [-0.05, 0) is 6.92 Å². The van der Waals surface area contributed by atoms with Crippen molar-refractivity contribution in [2.24, 2.45) is 0 Å². The molecule has 0 radical (unpaired) electrons. The number of hydrogen-bond donors (Lipinski definition) is 3. The van der Waals surface area contributed by atoms with Crippen LogP contribution in [0.2, 0.25) is 0 Å². The summed E-state index contributed by atoms with van der Waals surface area (Å²) in [4.78, 5) is 33.4. The van der Waals surface area contributed by atoms with Gasteiger partial charge in [-0.2, -0.15) is 0 Å². The van der Waals surface area contributed by atoms with Crippen LogP contribution >= 0.6 is 0 Å². The number of rotatable bonds is 8. The Morgan fingerprint density at radius 1 is 1.15 bits per heavy atom. The predicted molar refractivity (Wildman–Crippen MR) is 71.8 cm³/mol. The summed E-state index contributed by atoms with van der Waals surface area (Å²) in [5.74, 6) is -2.48. The topological polar surface area (TPSA) is 104 Å². The maximum Gasteiger partial charge on any atom is 0.321 e. The fourth-order valence-corrected chi connectivity index (χ4v) is 1.64. The van der Waals surface area contributed by atoms with Gasteiger partial charge in [0.05, 0.1) is 6.42 Å². The number of carbonyl (C=O) groups excluding carboxylic acids is 1. The second-order valence-electron chi connectivity index (χ2n) is 4.48. The summed E-state index contributed by atoms with van der Waals surface area (Å²) < 4.78 is 0. The standard InChI is InChI=1S/C14H17NO5/c1-9-2-4-10(5-3-9)12(16)8-11(14(19)20)15-7-6-13(17)18/h2-5,11,15H,6-8H2,1H3,(H,17,18)(H,19,20). The van der Waals surface area contributed by atoms with E-state index in [1.165, 1.54) is 0 Å². The summed E-state index contributed by atoms with van der Waals surface area (Å²) in [6.45, 7) is 1.90. The van der Waals surface area contributed by atoms with Gasteiger partial charge in [-0.25, -0.2) is 0 Å². The van der Waals surface area contributed by atoms with Gasteiger partial charge in [-0.15, -0.1) is 0 Å². The van der Waals surface area contributed by atoms with Gasteiger partial charge in [-0.1, -0.05) is 29.8 Å². The molecule has 0 spiro atoms. The Bertz CT molecular complexity index is 495. The highest BCUT2D eigenvalue weighted by Gasteiger charge is 2.21. The second kappa shape index (κ2) is 7.40. The summed E-state index contributed by atoms with van der Waals surface area (Å²) in [5.41, 5.74) is 1.46. The molecule has 6 heteroatoms. The van der Waals surface area contributed by atoms with Gasteiger partial charge in [0.2, 0.25) is 0 Å². The van der Waals surface area contributed by atoms with E-state index in [-0.39, 0.29) is 25.2 Å². The summed E-state index contributed by atoms with van der Waals surface area (Å²) in [6, 6.07) is 5.77. The monoisotopic (exact) mass is 279 g/mol. The highest BCUT2D eigenvalue weighted by atomic mass is 16.4. The van der Waals surface area contributed by atoms with Crippen molar-refractivity contribution in [2.45, 2.75) is 25.8 Å². The van der Waals surface area contributed by atoms with E-state index in [0.29, 0.717) is 5.56 Å². The van der Waals surface area contributed by atoms with Crippen molar-refractivity contribution in [2.75, 3.05) is 6.54 Å². The Morgan fingerprint density at radius 2 is 1.75 bits per heavy atom. The van der Waals surface area contributed by atoms with E-state index in [4.69, 9.17) is 10.2 Å². The largest absolute Gasteiger partial charge is 0.481 e. The van der Waals surface area contributed by atoms with Gasteiger partial charge in [0.25, 0.3) is 0 Å². The van der Waals surface area contributed by atoms with Crippen molar-refractivity contribution in [1.29, 1.82) is 0 Å². The Hall–Kier alpha value is -2.21. The lowest BCUT2D eigenvalue weighted by Gasteiger charge is -2.13. The third-order valence-corrected chi connectivity index (χ3v) is 2.79. The van der Waals surface area contributed by atoms with Crippen LogP contribution in [0.25, 0.3) is 0 Å². The molecule has 0 aliphatic carbocycles. The first-order valence-corrected chi connectivity index (χ1v) is 6.18. The molecule has 20 heavy (non-hydrogen) atoms. The van der Waals surface area contributed by atoms with E-state index in [9.17, 15) is 14.4 Å². The fraction of sp³-hybridized carbons (Fsp3) is 0.357. The normalized spacial score (nSPS) is 11.8. The molecule has 3 N–H and O–H groups in total. The van der Waals surface area contributed by atoms with Crippen molar-refractivity contribution in [3.63, 3.8) is 0 Å². The molecular weight excluding hydrogens is 262 g/mol. The number of carboxylic acid groups (broad SMARTS) is 2. The minimum atomic E-state index is -1.17. The van der Waals surface area contributed by atoms with Gasteiger partial charge >= 0.3 is 11.9 Å². The van der Waals surface area contributed by atoms with Crippen LogP contribution in [0, 0.1) is 6.92 Å². The zero-order valence-electron chi connectivity index (χ0n) is 11.1. The molecule has 0 heterocycles. The number of Topliss-reactive ketones (excluding diaryl/α,β-unsaturated/α-hetero) is 1. The third kappa shape index (κ3) is 5.19. The first-order valence-electron chi connectivity index (χ1n) is 6.18. The lowest BCUT2D eigenvalue weighted by molar-refractivity contribution is -0.140. The summed E-state index contributed by atoms with van der Waals surface area (Å²) in [7, 11) is 0. The van der Waals surface area contributed by atoms with E-state index in [1.807, 2.05) is 6.92 Å². The van der Waals surface area contributed by atoms with E-state index in [0.717, 1.165) is 5.56 Å². The number of nitrogens with one attached hydrogen (secondary N) is 1. The molecule has 0 amide bonds. The average molecular weight is 279 g/mol. The molecule has 0 saturated carbocycles. The van der Waals surface area contributed by atoms with Crippen molar-refractivity contribution in [3.05, 3.63) is 35.4 Å². The predicted octanol–water partition coefficient (Wildman–Crippen LogP) is 1.09. The molecule has 0 saturated heterocycles. The van der Waals surface area contributed by atoms with Gasteiger partial charge in [0.1, 0.15) is 6.04 Å². The molecule has 1 unspecified atom stereocenters. The number of aliphatic carboxylic acids is 2. The first-order chi connectivity index (χ1) is 9.40. The zero-order valence-corrected chi connectivity index (χ0v) is 11.1. The van der Waals surface area contributed by atoms with Crippen molar-refractivity contribution < 1.29 is 24.6 Å². The average Bonchev–Trinajstić information content (AvgIpc) is 2.37. The number of carboxylic acids is 2. The van der Waals surface area contributed by atoms with E-state index in [2.05, 4.69) is 5.32 Å². The highest BCUT2D eigenvalue weighted by Crippen LogP contribution is 2.08. The van der Waals surface area contributed by atoms with Gasteiger partial charge in [0, 0.05) is 18.5 Å². The molecule has 1 aromatic rings. The number of aryl methyl sites for hydroxylation is 1. The molecule has 0 aromatic heterocycles.